The van der Waals surface area contributed by atoms with Gasteiger partial charge in [0.1, 0.15) is 5.82 Å². The van der Waals surface area contributed by atoms with E-state index >= 15 is 0 Å². The number of hydrogen-bond donors (Lipinski definition) is 1. The molecule has 0 bridgehead atoms. The summed E-state index contributed by atoms with van der Waals surface area (Å²) in [6.45, 7) is 3.14. The molecule has 0 spiro atoms. The summed E-state index contributed by atoms with van der Waals surface area (Å²) in [7, 11) is 2.16. The quantitative estimate of drug-likeness (QED) is 0.608. The van der Waals surface area contributed by atoms with Crippen molar-refractivity contribution in [3.63, 3.8) is 0 Å². The van der Waals surface area contributed by atoms with Crippen LogP contribution in [0.4, 0.5) is 4.39 Å². The van der Waals surface area contributed by atoms with Crippen molar-refractivity contribution in [3.05, 3.63) is 26.3 Å². The fraction of sp³-hybridized carbons (Fsp3) is 0.500. The molecule has 2 heterocycles. The maximum atomic E-state index is 13.8. The van der Waals surface area contributed by atoms with Gasteiger partial charge in [0.2, 0.25) is 0 Å². The molecule has 1 N–H and O–H groups in total. The number of nitrogens with zero attached hydrogens (tertiary/aromatic N) is 2. The van der Waals surface area contributed by atoms with Crippen molar-refractivity contribution in [2.75, 3.05) is 20.1 Å². The largest absolute Gasteiger partial charge is 0.331 e. The molecule has 3 nitrogen and oxygen atoms in total. The predicted molar refractivity (Wildman–Crippen MR) is 90.0 cm³/mol. The van der Waals surface area contributed by atoms with Crippen molar-refractivity contribution in [1.29, 1.82) is 0 Å². The Morgan fingerprint density at radius 1 is 1.40 bits per heavy atom. The van der Waals surface area contributed by atoms with Gasteiger partial charge >= 0.3 is 0 Å². The highest BCUT2D eigenvalue weighted by molar-refractivity contribution is 14.1. The lowest BCUT2D eigenvalue weighted by Gasteiger charge is -2.29. The van der Waals surface area contributed by atoms with Crippen LogP contribution in [0.15, 0.2) is 12.1 Å². The van der Waals surface area contributed by atoms with Crippen molar-refractivity contribution >= 4 is 45.8 Å². The topological polar surface area (TPSA) is 24.0 Å². The van der Waals surface area contributed by atoms with E-state index in [1.807, 2.05) is 28.7 Å². The van der Waals surface area contributed by atoms with Crippen LogP contribution in [0.5, 0.6) is 0 Å². The molecule has 1 saturated heterocycles. The van der Waals surface area contributed by atoms with Crippen LogP contribution in [0.1, 0.15) is 12.8 Å². The summed E-state index contributed by atoms with van der Waals surface area (Å²) in [6, 6.07) is 3.42. The molecule has 0 aliphatic carbocycles. The molecule has 1 aromatic heterocycles. The summed E-state index contributed by atoms with van der Waals surface area (Å²) in [5.41, 5.74) is 1.81. The van der Waals surface area contributed by atoms with Gasteiger partial charge in [-0.3, -0.25) is 0 Å². The zero-order valence-electron chi connectivity index (χ0n) is 11.3. The third kappa shape index (κ3) is 2.78. The Morgan fingerprint density at radius 3 is 2.80 bits per heavy atom. The first kappa shape index (κ1) is 14.5. The lowest BCUT2D eigenvalue weighted by atomic mass is 9.97. The number of benzene rings is 1. The molecule has 1 aliphatic rings. The Labute approximate surface area is 136 Å². The molecule has 6 heteroatoms. The number of fused-ring (bicyclic) bond motifs is 1. The zero-order chi connectivity index (χ0) is 14.3. The highest BCUT2D eigenvalue weighted by Gasteiger charge is 2.19. The van der Waals surface area contributed by atoms with Gasteiger partial charge in [-0.15, -0.1) is 0 Å². The number of hydrogen-bond acceptors (Lipinski definition) is 2. The van der Waals surface area contributed by atoms with E-state index in [0.29, 0.717) is 14.3 Å². The van der Waals surface area contributed by atoms with E-state index in [2.05, 4.69) is 21.5 Å². The molecule has 0 radical (unpaired) electrons. The standard InChI is InChI=1S/C14H17FIN3S/c1-18-4-2-9(3-5-18)8-19-13-6-10(15)11(16)7-12(13)17-14(19)20/h6-7,9H,2-5,8H2,1H3,(H,17,20). The van der Waals surface area contributed by atoms with E-state index in [0.717, 1.165) is 30.7 Å². The van der Waals surface area contributed by atoms with Crippen LogP contribution >= 0.6 is 34.8 Å². The number of imidazole rings is 1. The highest BCUT2D eigenvalue weighted by atomic mass is 127. The molecule has 0 unspecified atom stereocenters. The molecule has 20 heavy (non-hydrogen) atoms. The lowest BCUT2D eigenvalue weighted by Crippen LogP contribution is -2.31. The second kappa shape index (κ2) is 5.73. The van der Waals surface area contributed by atoms with Gasteiger partial charge < -0.3 is 14.5 Å². The van der Waals surface area contributed by atoms with Crippen molar-refractivity contribution < 1.29 is 4.39 Å². The first-order chi connectivity index (χ1) is 9.54. The first-order valence-corrected chi connectivity index (χ1v) is 8.29. The number of nitrogens with one attached hydrogen (secondary N) is 1. The second-order valence-electron chi connectivity index (χ2n) is 5.57. The molecule has 0 amide bonds. The van der Waals surface area contributed by atoms with E-state index in [1.54, 1.807) is 6.07 Å². The molecule has 1 aliphatic heterocycles. The molecular weight excluding hydrogens is 388 g/mol. The Morgan fingerprint density at radius 2 is 2.10 bits per heavy atom. The van der Waals surface area contributed by atoms with Crippen molar-refractivity contribution in [3.8, 4) is 0 Å². The van der Waals surface area contributed by atoms with Crippen LogP contribution < -0.4 is 0 Å². The van der Waals surface area contributed by atoms with E-state index in [1.165, 1.54) is 12.8 Å². The molecule has 1 fully saturated rings. The van der Waals surface area contributed by atoms with Crippen LogP contribution in [-0.4, -0.2) is 34.6 Å². The average molecular weight is 405 g/mol. The maximum absolute atomic E-state index is 13.8. The number of aromatic nitrogens is 2. The molecular formula is C14H17FIN3S. The highest BCUT2D eigenvalue weighted by Crippen LogP contribution is 2.24. The fourth-order valence-corrected chi connectivity index (χ4v) is 3.59. The Bertz CT molecular complexity index is 686. The second-order valence-corrected chi connectivity index (χ2v) is 7.12. The van der Waals surface area contributed by atoms with Gasteiger partial charge in [-0.25, -0.2) is 4.39 Å². The summed E-state index contributed by atoms with van der Waals surface area (Å²) in [5.74, 6) is 0.448. The van der Waals surface area contributed by atoms with Gasteiger partial charge in [0.15, 0.2) is 4.77 Å². The van der Waals surface area contributed by atoms with Crippen LogP contribution in [0, 0.1) is 20.1 Å². The van der Waals surface area contributed by atoms with Gasteiger partial charge in [-0.2, -0.15) is 0 Å². The Hall–Kier alpha value is -0.470. The van der Waals surface area contributed by atoms with Crippen LogP contribution in [0.2, 0.25) is 0 Å². The molecule has 108 valence electrons. The Balaban J connectivity index is 1.93. The van der Waals surface area contributed by atoms with Gasteiger partial charge in [0.05, 0.1) is 14.6 Å². The molecule has 3 rings (SSSR count). The average Bonchev–Trinajstić information content (AvgIpc) is 2.69. The molecule has 0 atom stereocenters. The normalized spacial score (nSPS) is 17.9. The van der Waals surface area contributed by atoms with E-state index in [4.69, 9.17) is 12.2 Å². The Kier molecular flexibility index (Phi) is 4.14. The number of likely N-dealkylation sites (tertiary alicyclic amines) is 1. The van der Waals surface area contributed by atoms with Gasteiger partial charge in [0.25, 0.3) is 0 Å². The van der Waals surface area contributed by atoms with Crippen LogP contribution in [0.3, 0.4) is 0 Å². The summed E-state index contributed by atoms with van der Waals surface area (Å²) >= 11 is 7.41. The van der Waals surface area contributed by atoms with Gasteiger partial charge in [-0.05, 0) is 79.8 Å². The number of piperidine rings is 1. The minimum absolute atomic E-state index is 0.177. The van der Waals surface area contributed by atoms with Crippen LogP contribution in [-0.2, 0) is 6.54 Å². The lowest BCUT2D eigenvalue weighted by molar-refractivity contribution is 0.206. The molecule has 0 saturated carbocycles. The van der Waals surface area contributed by atoms with E-state index < -0.39 is 0 Å². The van der Waals surface area contributed by atoms with Gasteiger partial charge in [0, 0.05) is 12.6 Å². The van der Waals surface area contributed by atoms with E-state index in [9.17, 15) is 4.39 Å². The van der Waals surface area contributed by atoms with Gasteiger partial charge in [-0.1, -0.05) is 0 Å². The number of halogens is 2. The van der Waals surface area contributed by atoms with Crippen molar-refractivity contribution in [2.24, 2.45) is 5.92 Å². The number of aromatic amines is 1. The van der Waals surface area contributed by atoms with E-state index in [-0.39, 0.29) is 5.82 Å². The predicted octanol–water partition coefficient (Wildman–Crippen LogP) is 3.78. The third-order valence-electron chi connectivity index (χ3n) is 4.10. The fourth-order valence-electron chi connectivity index (χ4n) is 2.84. The maximum Gasteiger partial charge on any atom is 0.178 e. The number of H-pyrrole nitrogens is 1. The molecule has 2 aromatic rings. The minimum Gasteiger partial charge on any atom is -0.331 e. The minimum atomic E-state index is -0.177. The summed E-state index contributed by atoms with van der Waals surface area (Å²) in [6.07, 6.45) is 2.36. The smallest absolute Gasteiger partial charge is 0.178 e. The summed E-state index contributed by atoms with van der Waals surface area (Å²) < 4.78 is 17.2. The van der Waals surface area contributed by atoms with Crippen LogP contribution in [0.25, 0.3) is 11.0 Å². The molecule has 1 aromatic carbocycles. The van der Waals surface area contributed by atoms with Crippen molar-refractivity contribution in [1.82, 2.24) is 14.5 Å². The summed E-state index contributed by atoms with van der Waals surface area (Å²) in [4.78, 5) is 5.54. The summed E-state index contributed by atoms with van der Waals surface area (Å²) in [5, 5.41) is 0. The first-order valence-electron chi connectivity index (χ1n) is 6.80. The number of rotatable bonds is 2. The van der Waals surface area contributed by atoms with Crippen molar-refractivity contribution in [2.45, 2.75) is 19.4 Å². The monoisotopic (exact) mass is 405 g/mol. The third-order valence-corrected chi connectivity index (χ3v) is 5.24. The zero-order valence-corrected chi connectivity index (χ0v) is 14.3. The SMILES string of the molecule is CN1CCC(Cn2c(=S)[nH]c3cc(I)c(F)cc32)CC1.